The first-order valence-electron chi connectivity index (χ1n) is 23.5. The van der Waals surface area contributed by atoms with E-state index in [2.05, 4.69) is 266 Å². The van der Waals surface area contributed by atoms with Crippen molar-refractivity contribution < 1.29 is 0 Å². The Labute approximate surface area is 406 Å². The van der Waals surface area contributed by atoms with Crippen molar-refractivity contribution in [2.24, 2.45) is 0 Å². The van der Waals surface area contributed by atoms with Gasteiger partial charge in [-0.25, -0.2) is 0 Å². The second kappa shape index (κ2) is 18.7. The third kappa shape index (κ3) is 8.61. The van der Waals surface area contributed by atoms with Gasteiger partial charge in [0.05, 0.1) is 0 Å². The van der Waals surface area contributed by atoms with Crippen LogP contribution in [0.25, 0.3) is 33.4 Å². The molecule has 0 aliphatic heterocycles. The van der Waals surface area contributed by atoms with Crippen LogP contribution in [0, 0.1) is 23.7 Å². The van der Waals surface area contributed by atoms with Crippen molar-refractivity contribution in [1.29, 1.82) is 0 Å². The molecule has 0 spiro atoms. The van der Waals surface area contributed by atoms with E-state index in [0.29, 0.717) is 0 Å². The molecule has 0 bridgehead atoms. The molecule has 10 aromatic carbocycles. The van der Waals surface area contributed by atoms with Crippen LogP contribution in [0.4, 0.5) is 34.1 Å². The third-order valence-electron chi connectivity index (χ3n) is 13.1. The molecular formula is C67H48N2. The van der Waals surface area contributed by atoms with Crippen LogP contribution < -0.4 is 9.80 Å². The number of rotatable bonds is 8. The van der Waals surface area contributed by atoms with E-state index in [1.54, 1.807) is 0 Å². The van der Waals surface area contributed by atoms with Gasteiger partial charge in [0, 0.05) is 61.8 Å². The van der Waals surface area contributed by atoms with E-state index in [1.165, 1.54) is 22.3 Å². The average Bonchev–Trinajstić information content (AvgIpc) is 3.64. The molecule has 0 heterocycles. The summed E-state index contributed by atoms with van der Waals surface area (Å²) in [7, 11) is 0. The summed E-state index contributed by atoms with van der Waals surface area (Å²) in [5, 5.41) is 0. The third-order valence-corrected chi connectivity index (χ3v) is 13.1. The lowest BCUT2D eigenvalue weighted by atomic mass is 9.81. The predicted octanol–water partition coefficient (Wildman–Crippen LogP) is 17.1. The maximum atomic E-state index is 3.66. The minimum absolute atomic E-state index is 0.281. The fourth-order valence-electron chi connectivity index (χ4n) is 9.63. The van der Waals surface area contributed by atoms with E-state index >= 15 is 0 Å². The number of benzene rings is 10. The van der Waals surface area contributed by atoms with Gasteiger partial charge in [0.2, 0.25) is 0 Å². The highest BCUT2D eigenvalue weighted by atomic mass is 15.1. The van der Waals surface area contributed by atoms with E-state index in [-0.39, 0.29) is 5.41 Å². The lowest BCUT2D eigenvalue weighted by molar-refractivity contribution is 0.660. The zero-order valence-corrected chi connectivity index (χ0v) is 38.6. The smallest absolute Gasteiger partial charge is 0.0465 e. The van der Waals surface area contributed by atoms with Crippen LogP contribution in [0.3, 0.4) is 0 Å². The largest absolute Gasteiger partial charge is 0.311 e. The van der Waals surface area contributed by atoms with E-state index in [4.69, 9.17) is 0 Å². The van der Waals surface area contributed by atoms with Crippen LogP contribution in [0.2, 0.25) is 0 Å². The van der Waals surface area contributed by atoms with E-state index in [0.717, 1.165) is 78.6 Å². The van der Waals surface area contributed by atoms with Gasteiger partial charge in [-0.2, -0.15) is 0 Å². The van der Waals surface area contributed by atoms with Crippen molar-refractivity contribution in [3.8, 4) is 57.1 Å². The summed E-state index contributed by atoms with van der Waals surface area (Å²) < 4.78 is 0. The highest BCUT2D eigenvalue weighted by Gasteiger charge is 2.36. The predicted molar refractivity (Wildman–Crippen MR) is 289 cm³/mol. The monoisotopic (exact) mass is 880 g/mol. The van der Waals surface area contributed by atoms with Crippen molar-refractivity contribution >= 4 is 34.1 Å². The molecule has 2 heteroatoms. The van der Waals surface area contributed by atoms with Crippen molar-refractivity contribution in [3.05, 3.63) is 288 Å². The Hall–Kier alpha value is -9.08. The van der Waals surface area contributed by atoms with E-state index < -0.39 is 0 Å². The molecule has 0 fully saturated rings. The molecule has 10 aromatic rings. The van der Waals surface area contributed by atoms with Gasteiger partial charge in [-0.1, -0.05) is 177 Å². The summed E-state index contributed by atoms with van der Waals surface area (Å²) in [5.74, 6) is 14.3. The van der Waals surface area contributed by atoms with Crippen LogP contribution in [-0.4, -0.2) is 0 Å². The molecule has 11 rings (SSSR count). The quantitative estimate of drug-likeness (QED) is 0.140. The zero-order valence-electron chi connectivity index (χ0n) is 38.6. The normalized spacial score (nSPS) is 11.8. The summed E-state index contributed by atoms with van der Waals surface area (Å²) >= 11 is 0. The molecular weight excluding hydrogens is 833 g/mol. The molecule has 0 atom stereocenters. The number of anilines is 6. The SMILES string of the molecule is CC1(C)c2cc(-c3cc(C#Cc4ccccc4)c(-c4ccc(N(c5ccccc5)c5ccccc5)cc4)cc3C#Cc3ccccc3)ccc2-c2ccc(N(c3ccccc3)c3ccccc3)cc21. The Morgan fingerprint density at radius 3 is 1.06 bits per heavy atom. The Kier molecular flexibility index (Phi) is 11.5. The molecule has 0 amide bonds. The number of hydrogen-bond donors (Lipinski definition) is 0. The fourth-order valence-corrected chi connectivity index (χ4v) is 9.63. The van der Waals surface area contributed by atoms with Gasteiger partial charge in [-0.3, -0.25) is 0 Å². The van der Waals surface area contributed by atoms with Crippen molar-refractivity contribution in [1.82, 2.24) is 0 Å². The van der Waals surface area contributed by atoms with Gasteiger partial charge < -0.3 is 9.80 Å². The summed E-state index contributed by atoms with van der Waals surface area (Å²) in [5.41, 5.74) is 19.5. The number of nitrogens with zero attached hydrogens (tertiary/aromatic N) is 2. The first-order valence-corrected chi connectivity index (χ1v) is 23.5. The summed E-state index contributed by atoms with van der Waals surface area (Å²) in [6.07, 6.45) is 0. The van der Waals surface area contributed by atoms with Crippen LogP contribution in [0.5, 0.6) is 0 Å². The first kappa shape index (κ1) is 42.5. The van der Waals surface area contributed by atoms with Crippen LogP contribution in [0.15, 0.2) is 255 Å². The summed E-state index contributed by atoms with van der Waals surface area (Å²) in [4.78, 5) is 4.63. The van der Waals surface area contributed by atoms with Crippen LogP contribution in [0.1, 0.15) is 47.2 Å². The standard InChI is InChI=1S/C67H48N2/c1-67(2)65-47-54(39-43-61(65)62-44-42-60(48-66(62)67)69(57-29-17-7-18-30-57)58-31-19-8-20-32-58)64-46-52(35-33-49-21-9-3-10-22-49)63(45-53(64)36-34-50-23-11-4-12-24-50)51-37-40-59(41-38-51)68(55-25-13-5-14-26-55)56-27-15-6-16-28-56/h3-32,37-48H,1-2H3. The maximum absolute atomic E-state index is 3.66. The lowest BCUT2D eigenvalue weighted by Gasteiger charge is -2.28. The second-order valence-corrected chi connectivity index (χ2v) is 17.9. The van der Waals surface area contributed by atoms with Gasteiger partial charge in [0.1, 0.15) is 0 Å². The van der Waals surface area contributed by atoms with Gasteiger partial charge in [0.25, 0.3) is 0 Å². The molecule has 1 aliphatic rings. The number of fused-ring (bicyclic) bond motifs is 3. The Balaban J connectivity index is 1.04. The molecule has 2 nitrogen and oxygen atoms in total. The van der Waals surface area contributed by atoms with Gasteiger partial charge in [-0.15, -0.1) is 0 Å². The van der Waals surface area contributed by atoms with E-state index in [1.807, 2.05) is 36.4 Å². The molecule has 69 heavy (non-hydrogen) atoms. The minimum atomic E-state index is -0.281. The number of hydrogen-bond acceptors (Lipinski definition) is 2. The van der Waals surface area contributed by atoms with Crippen molar-refractivity contribution in [2.45, 2.75) is 19.3 Å². The topological polar surface area (TPSA) is 6.48 Å². The Morgan fingerprint density at radius 2 is 0.609 bits per heavy atom. The molecule has 0 saturated carbocycles. The zero-order chi connectivity index (χ0) is 46.6. The molecule has 0 saturated heterocycles. The molecule has 0 radical (unpaired) electrons. The van der Waals surface area contributed by atoms with Gasteiger partial charge >= 0.3 is 0 Å². The summed E-state index contributed by atoms with van der Waals surface area (Å²) in [6, 6.07) is 90.1. The first-order chi connectivity index (χ1) is 34.0. The highest BCUT2D eigenvalue weighted by molar-refractivity contribution is 5.89. The summed E-state index contributed by atoms with van der Waals surface area (Å²) in [6.45, 7) is 4.72. The second-order valence-electron chi connectivity index (χ2n) is 17.9. The molecule has 0 unspecified atom stereocenters. The van der Waals surface area contributed by atoms with Gasteiger partial charge in [-0.05, 0) is 160 Å². The highest BCUT2D eigenvalue weighted by Crippen LogP contribution is 2.52. The average molecular weight is 881 g/mol. The van der Waals surface area contributed by atoms with Gasteiger partial charge in [0.15, 0.2) is 0 Å². The maximum Gasteiger partial charge on any atom is 0.0465 e. The van der Waals surface area contributed by atoms with Crippen molar-refractivity contribution in [3.63, 3.8) is 0 Å². The molecule has 0 aromatic heterocycles. The lowest BCUT2D eigenvalue weighted by Crippen LogP contribution is -2.16. The van der Waals surface area contributed by atoms with Crippen LogP contribution >= 0.6 is 0 Å². The van der Waals surface area contributed by atoms with E-state index in [9.17, 15) is 0 Å². The minimum Gasteiger partial charge on any atom is -0.311 e. The fraction of sp³-hybridized carbons (Fsp3) is 0.0448. The molecule has 326 valence electrons. The van der Waals surface area contributed by atoms with Crippen molar-refractivity contribution in [2.75, 3.05) is 9.80 Å². The molecule has 1 aliphatic carbocycles. The Morgan fingerprint density at radius 1 is 0.275 bits per heavy atom. The number of para-hydroxylation sites is 4. The Bertz CT molecular complexity index is 3460. The molecule has 0 N–H and O–H groups in total. The van der Waals surface area contributed by atoms with Crippen LogP contribution in [-0.2, 0) is 5.41 Å².